The van der Waals surface area contributed by atoms with Gasteiger partial charge < -0.3 is 19.9 Å². The quantitative estimate of drug-likeness (QED) is 0.415. The number of morpholine rings is 1. The number of hydrogen-bond donors (Lipinski definition) is 2. The molecule has 4 rings (SSSR count). The van der Waals surface area contributed by atoms with Gasteiger partial charge in [-0.3, -0.25) is 0 Å². The second-order valence-corrected chi connectivity index (χ2v) is 7.81. The summed E-state index contributed by atoms with van der Waals surface area (Å²) in [7, 11) is 4.01. The van der Waals surface area contributed by atoms with Gasteiger partial charge in [-0.15, -0.1) is 0 Å². The summed E-state index contributed by atoms with van der Waals surface area (Å²) in [6.07, 6.45) is 1.73. The van der Waals surface area contributed by atoms with E-state index in [9.17, 15) is 0 Å². The average molecular weight is 453 g/mol. The molecule has 10 heteroatoms. The second-order valence-electron chi connectivity index (χ2n) is 7.37. The van der Waals surface area contributed by atoms with Crippen LogP contribution in [0.3, 0.4) is 0 Å². The fourth-order valence-corrected chi connectivity index (χ4v) is 3.19. The highest BCUT2D eigenvalue weighted by molar-refractivity contribution is 6.30. The van der Waals surface area contributed by atoms with E-state index in [1.165, 1.54) is 0 Å². The summed E-state index contributed by atoms with van der Waals surface area (Å²) in [6.45, 7) is 2.70. The predicted octanol–water partition coefficient (Wildman–Crippen LogP) is 3.62. The summed E-state index contributed by atoms with van der Waals surface area (Å²) < 4.78 is 5.44. The van der Waals surface area contributed by atoms with Crippen molar-refractivity contribution < 1.29 is 4.74 Å². The molecule has 32 heavy (non-hydrogen) atoms. The topological polar surface area (TPSA) is 90.8 Å². The maximum Gasteiger partial charge on any atom is 0.250 e. The van der Waals surface area contributed by atoms with Crippen LogP contribution >= 0.6 is 11.6 Å². The van der Waals surface area contributed by atoms with Gasteiger partial charge in [0, 0.05) is 43.6 Å². The lowest BCUT2D eigenvalue weighted by molar-refractivity contribution is 0.122. The van der Waals surface area contributed by atoms with Crippen LogP contribution in [0.4, 0.5) is 29.2 Å². The summed E-state index contributed by atoms with van der Waals surface area (Å²) in [5.74, 6) is 1.32. The van der Waals surface area contributed by atoms with Crippen LogP contribution in [0.5, 0.6) is 0 Å². The van der Waals surface area contributed by atoms with Crippen LogP contribution in [0.1, 0.15) is 5.56 Å². The Kier molecular flexibility index (Phi) is 6.98. The highest BCUT2D eigenvalue weighted by Crippen LogP contribution is 2.20. The van der Waals surface area contributed by atoms with Crippen LogP contribution in [-0.4, -0.2) is 61.6 Å². The molecule has 2 aromatic carbocycles. The zero-order valence-corrected chi connectivity index (χ0v) is 18.8. The van der Waals surface area contributed by atoms with Crippen molar-refractivity contribution in [1.82, 2.24) is 15.0 Å². The molecule has 166 valence electrons. The predicted molar refractivity (Wildman–Crippen MR) is 130 cm³/mol. The molecule has 2 N–H and O–H groups in total. The molecule has 9 nitrogen and oxygen atoms in total. The van der Waals surface area contributed by atoms with Crippen molar-refractivity contribution in [3.8, 4) is 0 Å². The molecule has 1 saturated heterocycles. The molecule has 0 radical (unpaired) electrons. The summed E-state index contributed by atoms with van der Waals surface area (Å²) in [4.78, 5) is 17.7. The molecule has 0 atom stereocenters. The van der Waals surface area contributed by atoms with Crippen LogP contribution in [0.2, 0.25) is 5.02 Å². The van der Waals surface area contributed by atoms with E-state index in [1.54, 1.807) is 18.3 Å². The Morgan fingerprint density at radius 3 is 2.34 bits per heavy atom. The lowest BCUT2D eigenvalue weighted by Gasteiger charge is -2.27. The van der Waals surface area contributed by atoms with Crippen LogP contribution < -0.4 is 20.5 Å². The minimum absolute atomic E-state index is 0.346. The lowest BCUT2D eigenvalue weighted by atomic mass is 10.2. The van der Waals surface area contributed by atoms with Crippen molar-refractivity contribution in [3.05, 3.63) is 59.1 Å². The van der Waals surface area contributed by atoms with Gasteiger partial charge in [0.1, 0.15) is 0 Å². The molecule has 1 aliphatic heterocycles. The maximum atomic E-state index is 5.98. The molecule has 0 aliphatic carbocycles. The van der Waals surface area contributed by atoms with Gasteiger partial charge in [-0.2, -0.15) is 20.1 Å². The third-order valence-electron chi connectivity index (χ3n) is 4.81. The minimum atomic E-state index is 0.346. The molecule has 0 amide bonds. The first kappa shape index (κ1) is 21.8. The molecule has 0 spiro atoms. The number of nitrogens with zero attached hydrogens (tertiary/aromatic N) is 6. The Hall–Kier alpha value is -3.43. The van der Waals surface area contributed by atoms with Gasteiger partial charge in [-0.25, -0.2) is 5.43 Å². The normalized spacial score (nSPS) is 13.9. The van der Waals surface area contributed by atoms with Crippen LogP contribution in [0, 0.1) is 0 Å². The standard InChI is InChI=1S/C22H25ClN8O/c1-30(2)19-9-3-16(4-10-19)15-24-29-21-26-20(25-18-7-5-17(23)6-8-18)27-22(28-21)31-11-13-32-14-12-31/h3-10,15H,11-14H2,1-2H3,(H2,25,26,27,28,29)/b24-15-. The fraction of sp³-hybridized carbons (Fsp3) is 0.273. The molecule has 1 aromatic heterocycles. The van der Waals surface area contributed by atoms with E-state index in [2.05, 4.69) is 35.7 Å². The van der Waals surface area contributed by atoms with E-state index in [0.29, 0.717) is 49.2 Å². The largest absolute Gasteiger partial charge is 0.378 e. The highest BCUT2D eigenvalue weighted by atomic mass is 35.5. The molecule has 1 fully saturated rings. The summed E-state index contributed by atoms with van der Waals surface area (Å²) in [5.41, 5.74) is 5.83. The molecule has 3 aromatic rings. The first-order valence-corrected chi connectivity index (χ1v) is 10.6. The van der Waals surface area contributed by atoms with Crippen molar-refractivity contribution in [2.45, 2.75) is 0 Å². The first-order chi connectivity index (χ1) is 15.6. The Labute approximate surface area is 192 Å². The Morgan fingerprint density at radius 2 is 1.66 bits per heavy atom. The first-order valence-electron chi connectivity index (χ1n) is 10.2. The van der Waals surface area contributed by atoms with Crippen molar-refractivity contribution >= 4 is 47.0 Å². The Bertz CT molecular complexity index is 1050. The zero-order chi connectivity index (χ0) is 22.3. The third-order valence-corrected chi connectivity index (χ3v) is 5.06. The fourth-order valence-electron chi connectivity index (χ4n) is 3.06. The minimum Gasteiger partial charge on any atom is -0.378 e. The van der Waals surface area contributed by atoms with Gasteiger partial charge in [0.05, 0.1) is 19.4 Å². The number of benzene rings is 2. The molecular weight excluding hydrogens is 428 g/mol. The van der Waals surface area contributed by atoms with E-state index in [1.807, 2.05) is 55.4 Å². The number of halogens is 1. The number of nitrogens with one attached hydrogen (secondary N) is 2. The SMILES string of the molecule is CN(C)c1ccc(/C=N\Nc2nc(Nc3ccc(Cl)cc3)nc(N3CCOCC3)n2)cc1. The maximum absolute atomic E-state index is 5.98. The van der Waals surface area contributed by atoms with Gasteiger partial charge in [-0.05, 0) is 42.0 Å². The van der Waals surface area contributed by atoms with Crippen molar-refractivity contribution in [1.29, 1.82) is 0 Å². The Balaban J connectivity index is 1.53. The van der Waals surface area contributed by atoms with Gasteiger partial charge >= 0.3 is 0 Å². The van der Waals surface area contributed by atoms with Crippen molar-refractivity contribution in [2.24, 2.45) is 5.10 Å². The zero-order valence-electron chi connectivity index (χ0n) is 18.0. The van der Waals surface area contributed by atoms with Crippen LogP contribution in [-0.2, 0) is 4.74 Å². The number of aromatic nitrogens is 3. The Morgan fingerprint density at radius 1 is 0.969 bits per heavy atom. The summed E-state index contributed by atoms with van der Waals surface area (Å²) in [5, 5.41) is 8.17. The van der Waals surface area contributed by atoms with Gasteiger partial charge in [0.15, 0.2) is 0 Å². The molecular formula is C22H25ClN8O. The number of hydrogen-bond acceptors (Lipinski definition) is 9. The molecule has 2 heterocycles. The van der Waals surface area contributed by atoms with Crippen LogP contribution in [0.15, 0.2) is 53.6 Å². The van der Waals surface area contributed by atoms with Crippen molar-refractivity contribution in [3.63, 3.8) is 0 Å². The molecule has 1 aliphatic rings. The smallest absolute Gasteiger partial charge is 0.250 e. The van der Waals surface area contributed by atoms with E-state index < -0.39 is 0 Å². The highest BCUT2D eigenvalue weighted by Gasteiger charge is 2.16. The van der Waals surface area contributed by atoms with Crippen LogP contribution in [0.25, 0.3) is 0 Å². The number of rotatable bonds is 7. The molecule has 0 saturated carbocycles. The summed E-state index contributed by atoms with van der Waals surface area (Å²) in [6, 6.07) is 15.4. The monoisotopic (exact) mass is 452 g/mol. The van der Waals surface area contributed by atoms with Gasteiger partial charge in [-0.1, -0.05) is 23.7 Å². The average Bonchev–Trinajstić information content (AvgIpc) is 2.81. The summed E-state index contributed by atoms with van der Waals surface area (Å²) >= 11 is 5.98. The lowest BCUT2D eigenvalue weighted by Crippen LogP contribution is -2.37. The second kappa shape index (κ2) is 10.3. The number of hydrazone groups is 1. The van der Waals surface area contributed by atoms with Crippen molar-refractivity contribution in [2.75, 3.05) is 60.9 Å². The third kappa shape index (κ3) is 5.83. The molecule has 0 unspecified atom stereocenters. The van der Waals surface area contributed by atoms with E-state index in [0.717, 1.165) is 16.9 Å². The van der Waals surface area contributed by atoms with E-state index in [4.69, 9.17) is 16.3 Å². The number of ether oxygens (including phenoxy) is 1. The van der Waals surface area contributed by atoms with Gasteiger partial charge in [0.2, 0.25) is 17.8 Å². The van der Waals surface area contributed by atoms with E-state index in [-0.39, 0.29) is 0 Å². The van der Waals surface area contributed by atoms with E-state index >= 15 is 0 Å². The molecule has 0 bridgehead atoms. The van der Waals surface area contributed by atoms with Gasteiger partial charge in [0.25, 0.3) is 0 Å². The number of anilines is 5.